The third kappa shape index (κ3) is 12.1. The molecular formula is C54H64N6O6S2Si2. The molecule has 0 saturated carbocycles. The number of aromatic nitrogens is 2. The van der Waals surface area contributed by atoms with Crippen LogP contribution in [0.4, 0.5) is 11.4 Å². The molecule has 4 amide bonds. The molecule has 0 bridgehead atoms. The summed E-state index contributed by atoms with van der Waals surface area (Å²) < 4.78 is 12.7. The highest BCUT2D eigenvalue weighted by atomic mass is 32.1. The minimum atomic E-state index is -1.96. The lowest BCUT2D eigenvalue weighted by Gasteiger charge is -2.36. The van der Waals surface area contributed by atoms with Crippen molar-refractivity contribution < 1.29 is 28.0 Å². The van der Waals surface area contributed by atoms with Gasteiger partial charge in [0.15, 0.2) is 16.6 Å². The van der Waals surface area contributed by atoms with Gasteiger partial charge in [-0.15, -0.1) is 22.7 Å². The summed E-state index contributed by atoms with van der Waals surface area (Å²) in [6.45, 7) is 23.4. The van der Waals surface area contributed by atoms with Gasteiger partial charge in [0.25, 0.3) is 11.8 Å². The average Bonchev–Trinajstić information content (AvgIpc) is 4.05. The first-order chi connectivity index (χ1) is 33.0. The number of carbonyl (C=O) groups excluding carboxylic acids is 4. The molecule has 4 aromatic heterocycles. The van der Waals surface area contributed by atoms with Gasteiger partial charge in [0.05, 0.1) is 36.2 Å². The number of rotatable bonds is 15. The second kappa shape index (κ2) is 21.3. The molecule has 0 spiro atoms. The topological polar surface area (TPSA) is 166 Å². The zero-order valence-electron chi connectivity index (χ0n) is 41.7. The molecule has 0 saturated heterocycles. The minimum Gasteiger partial charge on any atom is -0.412 e. The lowest BCUT2D eigenvalue weighted by atomic mass is 10.1. The van der Waals surface area contributed by atoms with Crippen molar-refractivity contribution in [2.45, 2.75) is 103 Å². The fourth-order valence-electron chi connectivity index (χ4n) is 7.28. The van der Waals surface area contributed by atoms with E-state index in [0.29, 0.717) is 30.0 Å². The molecule has 2 atom stereocenters. The van der Waals surface area contributed by atoms with E-state index in [2.05, 4.69) is 88.3 Å². The molecule has 16 heteroatoms. The largest absolute Gasteiger partial charge is 0.412 e. The Morgan fingerprint density at radius 1 is 0.614 bits per heavy atom. The van der Waals surface area contributed by atoms with Crippen molar-refractivity contribution in [3.63, 3.8) is 0 Å². The number of imide groups is 1. The van der Waals surface area contributed by atoms with Crippen LogP contribution in [0.15, 0.2) is 122 Å². The molecule has 2 unspecified atom stereocenters. The highest BCUT2D eigenvalue weighted by Gasteiger charge is 2.40. The maximum absolute atomic E-state index is 13.8. The molecule has 12 nitrogen and oxygen atoms in total. The number of amides is 4. The number of hydrogen-bond acceptors (Lipinski definition) is 11. The molecule has 1 aliphatic rings. The first kappa shape index (κ1) is 52.1. The third-order valence-electron chi connectivity index (χ3n) is 13.7. The molecule has 5 heterocycles. The Morgan fingerprint density at radius 3 is 1.47 bits per heavy atom. The van der Waals surface area contributed by atoms with Crippen LogP contribution in [0.5, 0.6) is 0 Å². The van der Waals surface area contributed by atoms with Crippen LogP contribution in [0.1, 0.15) is 93.6 Å². The van der Waals surface area contributed by atoms with Gasteiger partial charge in [-0.05, 0) is 120 Å². The molecule has 3 aromatic carbocycles. The van der Waals surface area contributed by atoms with Crippen LogP contribution < -0.4 is 16.4 Å². The van der Waals surface area contributed by atoms with Crippen LogP contribution in [-0.4, -0.2) is 68.2 Å². The molecule has 0 fully saturated rings. The highest BCUT2D eigenvalue weighted by Crippen LogP contribution is 2.40. The Morgan fingerprint density at radius 2 is 1.04 bits per heavy atom. The molecule has 366 valence electrons. The summed E-state index contributed by atoms with van der Waals surface area (Å²) in [5.74, 6) is -2.27. The molecular weight excluding hydrogens is 949 g/mol. The van der Waals surface area contributed by atoms with Gasteiger partial charge in [-0.3, -0.25) is 34.0 Å². The maximum atomic E-state index is 13.8. The first-order valence-corrected chi connectivity index (χ1v) is 30.9. The molecule has 8 rings (SSSR count). The summed E-state index contributed by atoms with van der Waals surface area (Å²) in [6, 6.07) is 29.9. The number of fused-ring (bicyclic) bond motifs is 3. The molecule has 4 N–H and O–H groups in total. The Labute approximate surface area is 421 Å². The quantitative estimate of drug-likeness (QED) is 0.0669. The summed E-state index contributed by atoms with van der Waals surface area (Å²) in [5.41, 5.74) is 8.10. The number of anilines is 2. The van der Waals surface area contributed by atoms with Crippen LogP contribution in [0, 0.1) is 0 Å². The Bertz CT molecular complexity index is 2990. The highest BCUT2D eigenvalue weighted by molar-refractivity contribution is 7.12. The molecule has 0 radical (unpaired) electrons. The third-order valence-corrected chi connectivity index (χ3v) is 25.0. The van der Waals surface area contributed by atoms with Crippen molar-refractivity contribution in [2.24, 2.45) is 5.73 Å². The van der Waals surface area contributed by atoms with E-state index in [0.717, 1.165) is 46.7 Å². The van der Waals surface area contributed by atoms with Crippen molar-refractivity contribution in [3.8, 4) is 0 Å². The van der Waals surface area contributed by atoms with Gasteiger partial charge in [-0.1, -0.05) is 65.8 Å². The van der Waals surface area contributed by atoms with E-state index in [-0.39, 0.29) is 52.7 Å². The zero-order valence-corrected chi connectivity index (χ0v) is 45.3. The number of nitrogens with two attached hydrogens (primary N) is 1. The number of benzene rings is 3. The van der Waals surface area contributed by atoms with Crippen molar-refractivity contribution in [1.29, 1.82) is 0 Å². The van der Waals surface area contributed by atoms with E-state index in [9.17, 15) is 19.2 Å². The Balaban J connectivity index is 0.000000215. The van der Waals surface area contributed by atoms with E-state index in [1.54, 1.807) is 54.2 Å². The molecule has 1 aliphatic heterocycles. The van der Waals surface area contributed by atoms with Gasteiger partial charge in [-0.25, -0.2) is 0 Å². The SMILES string of the molecule is CC(C)(C)[Si](C)(C)OCc1ccc(C(CN)C(=O)Nc2ccc3cnccc3c2)s1.CC(C)(C)[Si](C)(C)OCc1ccc(C(CN2C(=O)c3ccccc3C2=O)C(=O)Nc2ccc3cnccc3c2)s1. The van der Waals surface area contributed by atoms with Crippen LogP contribution >= 0.6 is 22.7 Å². The van der Waals surface area contributed by atoms with Gasteiger partial charge in [0.2, 0.25) is 11.8 Å². The van der Waals surface area contributed by atoms with Crippen molar-refractivity contribution in [1.82, 2.24) is 14.9 Å². The number of nitrogens with one attached hydrogen (secondary N) is 2. The summed E-state index contributed by atoms with van der Waals surface area (Å²) in [7, 11) is -3.77. The van der Waals surface area contributed by atoms with Crippen LogP contribution in [0.3, 0.4) is 0 Å². The van der Waals surface area contributed by atoms with E-state index in [1.165, 1.54) is 16.2 Å². The summed E-state index contributed by atoms with van der Waals surface area (Å²) in [6.07, 6.45) is 7.03. The lowest BCUT2D eigenvalue weighted by Crippen LogP contribution is -2.40. The number of thiophene rings is 2. The zero-order chi connectivity index (χ0) is 50.6. The van der Waals surface area contributed by atoms with Gasteiger partial charge in [0, 0.05) is 79.5 Å². The van der Waals surface area contributed by atoms with Gasteiger partial charge in [-0.2, -0.15) is 0 Å². The predicted octanol–water partition coefficient (Wildman–Crippen LogP) is 12.3. The van der Waals surface area contributed by atoms with E-state index in [1.807, 2.05) is 79.0 Å². The van der Waals surface area contributed by atoms with Gasteiger partial charge in [0.1, 0.15) is 0 Å². The normalized spacial score (nSPS) is 14.0. The summed E-state index contributed by atoms with van der Waals surface area (Å²) >= 11 is 3.09. The second-order valence-electron chi connectivity index (χ2n) is 20.7. The fourth-order valence-corrected chi connectivity index (χ4v) is 11.4. The lowest BCUT2D eigenvalue weighted by molar-refractivity contribution is -0.118. The summed E-state index contributed by atoms with van der Waals surface area (Å²) in [5, 5.41) is 10.3. The summed E-state index contributed by atoms with van der Waals surface area (Å²) in [4.78, 5) is 66.4. The van der Waals surface area contributed by atoms with E-state index < -0.39 is 22.6 Å². The van der Waals surface area contributed by atoms with Gasteiger partial charge < -0.3 is 25.2 Å². The van der Waals surface area contributed by atoms with Crippen molar-refractivity contribution in [2.75, 3.05) is 23.7 Å². The second-order valence-corrected chi connectivity index (χ2v) is 32.7. The minimum absolute atomic E-state index is 0.0568. The van der Waals surface area contributed by atoms with Gasteiger partial charge >= 0.3 is 0 Å². The van der Waals surface area contributed by atoms with Crippen LogP contribution in [0.25, 0.3) is 21.5 Å². The predicted molar refractivity (Wildman–Crippen MR) is 290 cm³/mol. The Hall–Kier alpha value is -5.73. The number of hydrogen-bond donors (Lipinski definition) is 3. The van der Waals surface area contributed by atoms with Crippen LogP contribution in [0.2, 0.25) is 36.3 Å². The van der Waals surface area contributed by atoms with Crippen molar-refractivity contribution >= 4 is 95.9 Å². The monoisotopic (exact) mass is 1010 g/mol. The van der Waals surface area contributed by atoms with E-state index in [4.69, 9.17) is 14.6 Å². The number of carbonyl (C=O) groups is 4. The number of nitrogens with zero attached hydrogens (tertiary/aromatic N) is 3. The smallest absolute Gasteiger partial charge is 0.261 e. The standard InChI is InChI=1S/C31H33N3O4SSi.C23H31N3O2SSi/c1-31(2,3)40(4,5)38-19-23-12-13-27(39-23)26(18-34-29(36)24-8-6-7-9-25(24)30(34)37)28(35)33-22-11-10-21-17-32-15-14-20(21)16-22;1-23(2,3)30(4,5)28-15-19-8-9-21(29-19)20(13-24)22(27)26-18-7-6-17-14-25-11-10-16(17)12-18/h6-17,26H,18-19H2,1-5H3,(H,33,35);6-12,14,20H,13,15,24H2,1-5H3,(H,26,27). The fraction of sp³-hybridized carbons (Fsp3) is 0.333. The number of pyridine rings is 2. The molecule has 0 aliphatic carbocycles. The maximum Gasteiger partial charge on any atom is 0.261 e. The average molecular weight is 1010 g/mol. The van der Waals surface area contributed by atoms with Crippen molar-refractivity contribution in [3.05, 3.63) is 152 Å². The van der Waals surface area contributed by atoms with Crippen LogP contribution in [-0.2, 0) is 31.7 Å². The Kier molecular flexibility index (Phi) is 15.9. The van der Waals surface area contributed by atoms with E-state index >= 15 is 0 Å². The molecule has 70 heavy (non-hydrogen) atoms. The first-order valence-electron chi connectivity index (χ1n) is 23.4. The molecule has 7 aromatic rings.